The van der Waals surface area contributed by atoms with E-state index >= 15 is 0 Å². The molecule has 2 heterocycles. The van der Waals surface area contributed by atoms with Crippen molar-refractivity contribution in [2.45, 2.75) is 18.9 Å². The lowest BCUT2D eigenvalue weighted by Crippen LogP contribution is -2.42. The smallest absolute Gasteiger partial charge is 0.237 e. The van der Waals surface area contributed by atoms with Gasteiger partial charge in [-0.05, 0) is 25.1 Å². The van der Waals surface area contributed by atoms with Crippen LogP contribution in [-0.4, -0.2) is 30.0 Å². The molecule has 1 saturated heterocycles. The van der Waals surface area contributed by atoms with Gasteiger partial charge in [-0.3, -0.25) is 9.78 Å². The minimum Gasteiger partial charge on any atom is -0.355 e. The Morgan fingerprint density at radius 2 is 2.33 bits per heavy atom. The number of nitrogens with zero attached hydrogens (tertiary/aromatic N) is 1. The number of hydrogen-bond acceptors (Lipinski definition) is 3. The average Bonchev–Trinajstić information content (AvgIpc) is 2.46. The van der Waals surface area contributed by atoms with E-state index in [9.17, 15) is 4.79 Å². The quantitative estimate of drug-likeness (QED) is 0.720. The molecule has 2 rings (SSSR count). The second-order valence-corrected chi connectivity index (χ2v) is 3.68. The van der Waals surface area contributed by atoms with E-state index in [0.29, 0.717) is 6.42 Å². The average molecular weight is 205 g/mol. The fourth-order valence-electron chi connectivity index (χ4n) is 1.69. The highest BCUT2D eigenvalue weighted by molar-refractivity contribution is 5.82. The van der Waals surface area contributed by atoms with Gasteiger partial charge in [0.05, 0.1) is 6.04 Å². The van der Waals surface area contributed by atoms with Crippen LogP contribution in [0, 0.1) is 0 Å². The molecular formula is C11H15N3O. The maximum absolute atomic E-state index is 11.6. The molecule has 0 aliphatic carbocycles. The Kier molecular flexibility index (Phi) is 3.29. The van der Waals surface area contributed by atoms with Crippen LogP contribution in [0.5, 0.6) is 0 Å². The summed E-state index contributed by atoms with van der Waals surface area (Å²) in [5, 5.41) is 6.11. The van der Waals surface area contributed by atoms with E-state index in [2.05, 4.69) is 15.6 Å². The first-order valence-electron chi connectivity index (χ1n) is 5.27. The van der Waals surface area contributed by atoms with Crippen molar-refractivity contribution in [3.8, 4) is 0 Å². The molecule has 1 fully saturated rings. The summed E-state index contributed by atoms with van der Waals surface area (Å²) in [6, 6.07) is 5.63. The largest absolute Gasteiger partial charge is 0.355 e. The maximum atomic E-state index is 11.6. The van der Waals surface area contributed by atoms with Crippen LogP contribution in [0.1, 0.15) is 12.1 Å². The number of rotatable bonds is 2. The fraction of sp³-hybridized carbons (Fsp3) is 0.455. The van der Waals surface area contributed by atoms with Crippen molar-refractivity contribution in [1.29, 1.82) is 0 Å². The van der Waals surface area contributed by atoms with Gasteiger partial charge in [0.25, 0.3) is 0 Å². The molecule has 0 bridgehead atoms. The van der Waals surface area contributed by atoms with E-state index in [4.69, 9.17) is 0 Å². The summed E-state index contributed by atoms with van der Waals surface area (Å²) < 4.78 is 0. The lowest BCUT2D eigenvalue weighted by Gasteiger charge is -2.13. The molecule has 15 heavy (non-hydrogen) atoms. The Morgan fingerprint density at radius 3 is 3.13 bits per heavy atom. The van der Waals surface area contributed by atoms with Gasteiger partial charge >= 0.3 is 0 Å². The van der Waals surface area contributed by atoms with Crippen LogP contribution in [0.2, 0.25) is 0 Å². The number of carbonyl (C=O) groups excluding carboxylic acids is 1. The molecule has 4 nitrogen and oxygen atoms in total. The third-order valence-corrected chi connectivity index (χ3v) is 2.50. The summed E-state index contributed by atoms with van der Waals surface area (Å²) in [7, 11) is 0. The van der Waals surface area contributed by atoms with Gasteiger partial charge in [0.15, 0.2) is 0 Å². The second-order valence-electron chi connectivity index (χ2n) is 3.68. The molecule has 1 amide bonds. The van der Waals surface area contributed by atoms with Gasteiger partial charge < -0.3 is 10.6 Å². The number of pyridine rings is 1. The zero-order valence-corrected chi connectivity index (χ0v) is 8.57. The third kappa shape index (κ3) is 2.76. The predicted octanol–water partition coefficient (Wildman–Crippen LogP) is 0.102. The number of aromatic nitrogens is 1. The van der Waals surface area contributed by atoms with Crippen molar-refractivity contribution in [2.75, 3.05) is 13.1 Å². The normalized spacial score (nSPS) is 21.9. The molecule has 1 aliphatic heterocycles. The van der Waals surface area contributed by atoms with Crippen LogP contribution in [0.3, 0.4) is 0 Å². The zero-order chi connectivity index (χ0) is 10.5. The van der Waals surface area contributed by atoms with E-state index in [1.54, 1.807) is 6.20 Å². The molecule has 1 aromatic heterocycles. The summed E-state index contributed by atoms with van der Waals surface area (Å²) in [6.45, 7) is 1.65. The van der Waals surface area contributed by atoms with Gasteiger partial charge in [-0.15, -0.1) is 0 Å². The minimum atomic E-state index is -0.137. The highest BCUT2D eigenvalue weighted by Gasteiger charge is 2.20. The molecule has 2 N–H and O–H groups in total. The van der Waals surface area contributed by atoms with Gasteiger partial charge in [-0.1, -0.05) is 6.07 Å². The van der Waals surface area contributed by atoms with Crippen LogP contribution in [0.25, 0.3) is 0 Å². The first kappa shape index (κ1) is 10.1. The van der Waals surface area contributed by atoms with Crippen molar-refractivity contribution in [1.82, 2.24) is 15.6 Å². The van der Waals surface area contributed by atoms with Gasteiger partial charge in [0.2, 0.25) is 5.91 Å². The minimum absolute atomic E-state index is 0.0816. The molecule has 0 radical (unpaired) electrons. The predicted molar refractivity (Wildman–Crippen MR) is 57.4 cm³/mol. The van der Waals surface area contributed by atoms with Crippen molar-refractivity contribution in [3.63, 3.8) is 0 Å². The molecule has 1 atom stereocenters. The summed E-state index contributed by atoms with van der Waals surface area (Å²) >= 11 is 0. The Morgan fingerprint density at radius 1 is 1.40 bits per heavy atom. The van der Waals surface area contributed by atoms with Crippen LogP contribution < -0.4 is 10.6 Å². The van der Waals surface area contributed by atoms with E-state index in [0.717, 1.165) is 25.2 Å². The summed E-state index contributed by atoms with van der Waals surface area (Å²) in [5.41, 5.74) is 0.951. The monoisotopic (exact) mass is 205 g/mol. The summed E-state index contributed by atoms with van der Waals surface area (Å²) in [6.07, 6.45) is 3.40. The van der Waals surface area contributed by atoms with Crippen molar-refractivity contribution >= 4 is 5.91 Å². The number of carbonyl (C=O) groups is 1. The van der Waals surface area contributed by atoms with E-state index < -0.39 is 0 Å². The van der Waals surface area contributed by atoms with Crippen LogP contribution in [0.15, 0.2) is 24.4 Å². The SMILES string of the molecule is O=C1NCCCN[C@@H]1Cc1ccccn1. The lowest BCUT2D eigenvalue weighted by atomic mass is 10.1. The molecule has 1 aromatic rings. The van der Waals surface area contributed by atoms with Gasteiger partial charge in [0.1, 0.15) is 0 Å². The Hall–Kier alpha value is -1.42. The molecule has 0 spiro atoms. The molecule has 0 unspecified atom stereocenters. The van der Waals surface area contributed by atoms with Gasteiger partial charge in [0, 0.05) is 24.9 Å². The first-order chi connectivity index (χ1) is 7.36. The molecule has 80 valence electrons. The molecule has 0 aromatic carbocycles. The second kappa shape index (κ2) is 4.89. The lowest BCUT2D eigenvalue weighted by molar-refractivity contribution is -0.122. The molecular weight excluding hydrogens is 190 g/mol. The number of hydrogen-bond donors (Lipinski definition) is 2. The molecule has 0 saturated carbocycles. The van der Waals surface area contributed by atoms with Crippen molar-refractivity contribution in [2.24, 2.45) is 0 Å². The van der Waals surface area contributed by atoms with E-state index in [-0.39, 0.29) is 11.9 Å². The highest BCUT2D eigenvalue weighted by atomic mass is 16.2. The third-order valence-electron chi connectivity index (χ3n) is 2.50. The number of amides is 1. The van der Waals surface area contributed by atoms with E-state index in [1.165, 1.54) is 0 Å². The van der Waals surface area contributed by atoms with Crippen molar-refractivity contribution < 1.29 is 4.79 Å². The van der Waals surface area contributed by atoms with Gasteiger partial charge in [-0.2, -0.15) is 0 Å². The molecule has 1 aliphatic rings. The Bertz CT molecular complexity index is 326. The van der Waals surface area contributed by atoms with Crippen LogP contribution >= 0.6 is 0 Å². The standard InChI is InChI=1S/C11H15N3O/c15-11-10(13-6-3-7-14-11)8-9-4-1-2-5-12-9/h1-2,4-5,10,13H,3,6-8H2,(H,14,15)/t10-/m1/s1. The zero-order valence-electron chi connectivity index (χ0n) is 8.57. The Labute approximate surface area is 89.1 Å². The van der Waals surface area contributed by atoms with Crippen LogP contribution in [-0.2, 0) is 11.2 Å². The van der Waals surface area contributed by atoms with Crippen LogP contribution in [0.4, 0.5) is 0 Å². The maximum Gasteiger partial charge on any atom is 0.237 e. The fourth-order valence-corrected chi connectivity index (χ4v) is 1.69. The number of nitrogens with one attached hydrogen (secondary N) is 2. The highest BCUT2D eigenvalue weighted by Crippen LogP contribution is 2.01. The summed E-state index contributed by atoms with van der Waals surface area (Å²) in [4.78, 5) is 15.8. The first-order valence-corrected chi connectivity index (χ1v) is 5.27. The van der Waals surface area contributed by atoms with Crippen molar-refractivity contribution in [3.05, 3.63) is 30.1 Å². The van der Waals surface area contributed by atoms with Gasteiger partial charge in [-0.25, -0.2) is 0 Å². The summed E-state index contributed by atoms with van der Waals surface area (Å²) in [5.74, 6) is 0.0816. The Balaban J connectivity index is 2.01. The molecule has 4 heteroatoms. The van der Waals surface area contributed by atoms with E-state index in [1.807, 2.05) is 18.2 Å². The topological polar surface area (TPSA) is 54.0 Å².